The number of amides is 1. The number of rotatable bonds is 5. The molecule has 1 amide bonds. The van der Waals surface area contributed by atoms with Crippen molar-refractivity contribution in [2.45, 2.75) is 26.7 Å². The molecule has 1 aliphatic heterocycles. The molecule has 2 rings (SSSR count). The molecule has 1 heterocycles. The highest BCUT2D eigenvalue weighted by atomic mass is 16.2. The summed E-state index contributed by atoms with van der Waals surface area (Å²) in [5, 5.41) is 6.44. The summed E-state index contributed by atoms with van der Waals surface area (Å²) < 4.78 is 0. The molecule has 1 aliphatic rings. The lowest BCUT2D eigenvalue weighted by Crippen LogP contribution is -2.39. The van der Waals surface area contributed by atoms with Crippen LogP contribution >= 0.6 is 0 Å². The van der Waals surface area contributed by atoms with E-state index < -0.39 is 0 Å². The highest BCUT2D eigenvalue weighted by Gasteiger charge is 2.16. The second-order valence-corrected chi connectivity index (χ2v) is 6.28. The van der Waals surface area contributed by atoms with Gasteiger partial charge < -0.3 is 10.6 Å². The highest BCUT2D eigenvalue weighted by Crippen LogP contribution is 2.16. The number of aryl methyl sites for hydroxylation is 2. The molecule has 21 heavy (non-hydrogen) atoms. The van der Waals surface area contributed by atoms with Gasteiger partial charge in [0.05, 0.1) is 6.54 Å². The zero-order valence-electron chi connectivity index (χ0n) is 13.4. The van der Waals surface area contributed by atoms with Gasteiger partial charge in [0, 0.05) is 12.2 Å². The van der Waals surface area contributed by atoms with E-state index in [1.165, 1.54) is 12.8 Å². The first-order valence-electron chi connectivity index (χ1n) is 7.81. The number of benzene rings is 1. The van der Waals surface area contributed by atoms with E-state index in [1.807, 2.05) is 33.0 Å². The van der Waals surface area contributed by atoms with Gasteiger partial charge in [-0.05, 0) is 69.9 Å². The number of carbonyl (C=O) groups is 1. The Labute approximate surface area is 127 Å². The quantitative estimate of drug-likeness (QED) is 0.873. The third-order valence-corrected chi connectivity index (χ3v) is 4.05. The summed E-state index contributed by atoms with van der Waals surface area (Å²) in [5.74, 6) is 0.729. The van der Waals surface area contributed by atoms with Crippen LogP contribution in [0.25, 0.3) is 0 Å². The molecular weight excluding hydrogens is 262 g/mol. The third-order valence-electron chi connectivity index (χ3n) is 4.05. The average molecular weight is 289 g/mol. The molecule has 1 aromatic carbocycles. The van der Waals surface area contributed by atoms with E-state index in [9.17, 15) is 4.79 Å². The van der Waals surface area contributed by atoms with E-state index in [0.29, 0.717) is 12.5 Å². The van der Waals surface area contributed by atoms with Gasteiger partial charge in [-0.1, -0.05) is 12.1 Å². The molecule has 0 saturated carbocycles. The minimum Gasteiger partial charge on any atom is -0.325 e. The number of anilines is 1. The minimum absolute atomic E-state index is 0.0648. The van der Waals surface area contributed by atoms with Crippen LogP contribution in [-0.4, -0.2) is 44.0 Å². The van der Waals surface area contributed by atoms with Crippen LogP contribution < -0.4 is 10.6 Å². The first kappa shape index (κ1) is 16.0. The van der Waals surface area contributed by atoms with Gasteiger partial charge in [-0.3, -0.25) is 9.69 Å². The summed E-state index contributed by atoms with van der Waals surface area (Å²) in [6.07, 6.45) is 2.50. The van der Waals surface area contributed by atoms with Crippen LogP contribution in [-0.2, 0) is 4.79 Å². The molecule has 0 spiro atoms. The number of hydrogen-bond donors (Lipinski definition) is 2. The normalized spacial score (nSPS) is 18.8. The van der Waals surface area contributed by atoms with Crippen molar-refractivity contribution in [2.24, 2.45) is 5.92 Å². The molecule has 116 valence electrons. The molecule has 4 nitrogen and oxygen atoms in total. The lowest BCUT2D eigenvalue weighted by atomic mass is 9.99. The summed E-state index contributed by atoms with van der Waals surface area (Å²) in [4.78, 5) is 14.3. The molecule has 0 aromatic heterocycles. The lowest BCUT2D eigenvalue weighted by molar-refractivity contribution is -0.117. The van der Waals surface area contributed by atoms with Gasteiger partial charge in [0.1, 0.15) is 0 Å². The van der Waals surface area contributed by atoms with Crippen molar-refractivity contribution < 1.29 is 4.79 Å². The maximum Gasteiger partial charge on any atom is 0.238 e. The molecule has 1 fully saturated rings. The zero-order chi connectivity index (χ0) is 15.2. The van der Waals surface area contributed by atoms with Crippen molar-refractivity contribution in [3.05, 3.63) is 29.3 Å². The van der Waals surface area contributed by atoms with Gasteiger partial charge in [-0.25, -0.2) is 0 Å². The summed E-state index contributed by atoms with van der Waals surface area (Å²) in [5.41, 5.74) is 3.19. The smallest absolute Gasteiger partial charge is 0.238 e. The molecule has 1 aromatic rings. The summed E-state index contributed by atoms with van der Waals surface area (Å²) >= 11 is 0. The van der Waals surface area contributed by atoms with Crippen molar-refractivity contribution in [3.8, 4) is 0 Å². The van der Waals surface area contributed by atoms with Crippen molar-refractivity contribution >= 4 is 11.6 Å². The minimum atomic E-state index is 0.0648. The van der Waals surface area contributed by atoms with Crippen LogP contribution in [0, 0.1) is 19.8 Å². The highest BCUT2D eigenvalue weighted by molar-refractivity contribution is 5.93. The second kappa shape index (κ2) is 7.57. The Morgan fingerprint density at radius 3 is 2.95 bits per heavy atom. The Hall–Kier alpha value is -1.39. The number of likely N-dealkylation sites (N-methyl/N-ethyl adjacent to an activating group) is 1. The monoisotopic (exact) mass is 289 g/mol. The SMILES string of the molecule is Cc1ccc(C)c(NC(=O)CN(C)CC2CCCNC2)c1. The molecule has 0 bridgehead atoms. The first-order chi connectivity index (χ1) is 10.0. The topological polar surface area (TPSA) is 44.4 Å². The van der Waals surface area contributed by atoms with Crippen LogP contribution in [0.15, 0.2) is 18.2 Å². The largest absolute Gasteiger partial charge is 0.325 e. The average Bonchev–Trinajstić information content (AvgIpc) is 2.43. The number of nitrogens with zero attached hydrogens (tertiary/aromatic N) is 1. The second-order valence-electron chi connectivity index (χ2n) is 6.28. The number of piperidine rings is 1. The van der Waals surface area contributed by atoms with Gasteiger partial charge >= 0.3 is 0 Å². The summed E-state index contributed by atoms with van der Waals surface area (Å²) in [7, 11) is 2.03. The van der Waals surface area contributed by atoms with Crippen LogP contribution in [0.4, 0.5) is 5.69 Å². The summed E-state index contributed by atoms with van der Waals surface area (Å²) in [6.45, 7) is 7.69. The molecule has 2 N–H and O–H groups in total. The molecule has 1 atom stereocenters. The van der Waals surface area contributed by atoms with Crippen molar-refractivity contribution in [3.63, 3.8) is 0 Å². The predicted octanol–water partition coefficient (Wildman–Crippen LogP) is 2.17. The lowest BCUT2D eigenvalue weighted by Gasteiger charge is -2.27. The maximum absolute atomic E-state index is 12.2. The van der Waals surface area contributed by atoms with Crippen LogP contribution in [0.3, 0.4) is 0 Å². The first-order valence-corrected chi connectivity index (χ1v) is 7.81. The van der Waals surface area contributed by atoms with E-state index in [1.54, 1.807) is 0 Å². The van der Waals surface area contributed by atoms with E-state index in [4.69, 9.17) is 0 Å². The Bertz CT molecular complexity index is 481. The third kappa shape index (κ3) is 5.14. The Morgan fingerprint density at radius 1 is 1.43 bits per heavy atom. The standard InChI is InChI=1S/C17H27N3O/c1-13-6-7-14(2)16(9-13)19-17(21)12-20(3)11-15-5-4-8-18-10-15/h6-7,9,15,18H,4-5,8,10-12H2,1-3H3,(H,19,21). The predicted molar refractivity (Wildman–Crippen MR) is 87.6 cm³/mol. The molecular formula is C17H27N3O. The number of hydrogen-bond acceptors (Lipinski definition) is 3. The van der Waals surface area contributed by atoms with Gasteiger partial charge in [0.2, 0.25) is 5.91 Å². The maximum atomic E-state index is 12.2. The fourth-order valence-corrected chi connectivity index (χ4v) is 2.89. The van der Waals surface area contributed by atoms with Gasteiger partial charge in [-0.2, -0.15) is 0 Å². The number of nitrogens with one attached hydrogen (secondary N) is 2. The fraction of sp³-hybridized carbons (Fsp3) is 0.588. The Balaban J connectivity index is 1.81. The fourth-order valence-electron chi connectivity index (χ4n) is 2.89. The van der Waals surface area contributed by atoms with E-state index in [2.05, 4.69) is 21.6 Å². The molecule has 1 saturated heterocycles. The summed E-state index contributed by atoms with van der Waals surface area (Å²) in [6, 6.07) is 6.13. The van der Waals surface area contributed by atoms with Gasteiger partial charge in [0.15, 0.2) is 0 Å². The Kier molecular flexibility index (Phi) is 5.76. The molecule has 4 heteroatoms. The van der Waals surface area contributed by atoms with E-state index >= 15 is 0 Å². The van der Waals surface area contributed by atoms with Crippen molar-refractivity contribution in [2.75, 3.05) is 38.5 Å². The Morgan fingerprint density at radius 2 is 2.24 bits per heavy atom. The van der Waals surface area contributed by atoms with Crippen molar-refractivity contribution in [1.29, 1.82) is 0 Å². The van der Waals surface area contributed by atoms with Gasteiger partial charge in [0.25, 0.3) is 0 Å². The van der Waals surface area contributed by atoms with Gasteiger partial charge in [-0.15, -0.1) is 0 Å². The van der Waals surface area contributed by atoms with Crippen molar-refractivity contribution in [1.82, 2.24) is 10.2 Å². The molecule has 0 radical (unpaired) electrons. The zero-order valence-corrected chi connectivity index (χ0v) is 13.4. The van der Waals surface area contributed by atoms with Crippen LogP contribution in [0.2, 0.25) is 0 Å². The number of carbonyl (C=O) groups excluding carboxylic acids is 1. The molecule has 1 unspecified atom stereocenters. The molecule has 0 aliphatic carbocycles. The van der Waals surface area contributed by atoms with Crippen LogP contribution in [0.1, 0.15) is 24.0 Å². The van der Waals surface area contributed by atoms with E-state index in [-0.39, 0.29) is 5.91 Å². The van der Waals surface area contributed by atoms with E-state index in [0.717, 1.165) is 36.4 Å². The van der Waals surface area contributed by atoms with Crippen LogP contribution in [0.5, 0.6) is 0 Å².